The molecule has 4 heteroatoms. The molecular formula is C23H28O4. The Morgan fingerprint density at radius 2 is 1.81 bits per heavy atom. The highest BCUT2D eigenvalue weighted by molar-refractivity contribution is 5.66. The van der Waals surface area contributed by atoms with Crippen molar-refractivity contribution in [3.8, 4) is 0 Å². The first kappa shape index (κ1) is 20.6. The van der Waals surface area contributed by atoms with E-state index in [1.165, 1.54) is 18.1 Å². The molecule has 0 saturated heterocycles. The molecule has 144 valence electrons. The predicted molar refractivity (Wildman–Crippen MR) is 106 cm³/mol. The zero-order chi connectivity index (χ0) is 19.5. The number of hydrogen-bond acceptors (Lipinski definition) is 4. The molecule has 1 unspecified atom stereocenters. The Morgan fingerprint density at radius 1 is 1.11 bits per heavy atom. The van der Waals surface area contributed by atoms with Crippen molar-refractivity contribution in [1.29, 1.82) is 0 Å². The fourth-order valence-electron chi connectivity index (χ4n) is 2.77. The molecule has 0 bridgehead atoms. The molecule has 2 aromatic heterocycles. The maximum absolute atomic E-state index is 11.4. The molecule has 2 aromatic rings. The van der Waals surface area contributed by atoms with Gasteiger partial charge in [0.1, 0.15) is 6.10 Å². The summed E-state index contributed by atoms with van der Waals surface area (Å²) in [5.74, 6) is -0.278. The molecule has 0 aromatic carbocycles. The minimum absolute atomic E-state index is 0.278. The van der Waals surface area contributed by atoms with Crippen LogP contribution in [0.15, 0.2) is 81.5 Å². The van der Waals surface area contributed by atoms with Crippen LogP contribution in [0.2, 0.25) is 0 Å². The lowest BCUT2D eigenvalue weighted by atomic mass is 10.1. The van der Waals surface area contributed by atoms with E-state index in [4.69, 9.17) is 13.6 Å². The van der Waals surface area contributed by atoms with Crippen LogP contribution in [-0.4, -0.2) is 12.1 Å². The molecule has 0 fully saturated rings. The summed E-state index contributed by atoms with van der Waals surface area (Å²) in [7, 11) is 0. The van der Waals surface area contributed by atoms with E-state index in [1.807, 2.05) is 25.1 Å². The lowest BCUT2D eigenvalue weighted by molar-refractivity contribution is -0.144. The first-order chi connectivity index (χ1) is 13.0. The Kier molecular flexibility index (Phi) is 8.43. The number of rotatable bonds is 10. The average Bonchev–Trinajstić information content (AvgIpc) is 3.28. The van der Waals surface area contributed by atoms with Crippen LogP contribution in [0.5, 0.6) is 0 Å². The third-order valence-corrected chi connectivity index (χ3v) is 4.10. The van der Waals surface area contributed by atoms with Gasteiger partial charge >= 0.3 is 5.97 Å². The maximum Gasteiger partial charge on any atom is 0.303 e. The number of carbonyl (C=O) groups excluding carboxylic acids is 1. The van der Waals surface area contributed by atoms with Gasteiger partial charge in [0, 0.05) is 13.3 Å². The smallest absolute Gasteiger partial charge is 0.303 e. The number of aryl methyl sites for hydroxylation is 1. The van der Waals surface area contributed by atoms with Gasteiger partial charge in [-0.25, -0.2) is 0 Å². The molecule has 27 heavy (non-hydrogen) atoms. The third-order valence-electron chi connectivity index (χ3n) is 4.10. The number of esters is 1. The number of furan rings is 2. The fourth-order valence-corrected chi connectivity index (χ4v) is 2.77. The normalized spacial score (nSPS) is 13.9. The molecule has 0 aliphatic heterocycles. The molecule has 2 rings (SSSR count). The van der Waals surface area contributed by atoms with Crippen molar-refractivity contribution < 1.29 is 18.4 Å². The Bertz CT molecular complexity index is 761. The zero-order valence-electron chi connectivity index (χ0n) is 16.3. The van der Waals surface area contributed by atoms with Crippen LogP contribution in [0.4, 0.5) is 0 Å². The van der Waals surface area contributed by atoms with Crippen LogP contribution in [0, 0.1) is 0 Å². The predicted octanol–water partition coefficient (Wildman–Crippen LogP) is 5.82. The van der Waals surface area contributed by atoms with Crippen LogP contribution in [0.3, 0.4) is 0 Å². The summed E-state index contributed by atoms with van der Waals surface area (Å²) in [6.07, 6.45) is 18.4. The van der Waals surface area contributed by atoms with Gasteiger partial charge in [0.05, 0.1) is 25.1 Å². The van der Waals surface area contributed by atoms with E-state index >= 15 is 0 Å². The van der Waals surface area contributed by atoms with Gasteiger partial charge in [-0.1, -0.05) is 29.4 Å². The molecular weight excluding hydrogens is 340 g/mol. The number of ether oxygens (including phenoxy) is 1. The molecule has 0 saturated carbocycles. The van der Waals surface area contributed by atoms with E-state index < -0.39 is 0 Å². The molecule has 4 nitrogen and oxygen atoms in total. The van der Waals surface area contributed by atoms with Gasteiger partial charge in [-0.05, 0) is 62.4 Å². The van der Waals surface area contributed by atoms with Crippen LogP contribution in [0.1, 0.15) is 44.7 Å². The summed E-state index contributed by atoms with van der Waals surface area (Å²) in [5.41, 5.74) is 4.63. The highest BCUT2D eigenvalue weighted by Gasteiger charge is 2.11. The van der Waals surface area contributed by atoms with Gasteiger partial charge < -0.3 is 13.6 Å². The van der Waals surface area contributed by atoms with Crippen molar-refractivity contribution in [2.45, 2.75) is 52.6 Å². The highest BCUT2D eigenvalue weighted by atomic mass is 16.5. The van der Waals surface area contributed by atoms with Gasteiger partial charge in [0.2, 0.25) is 0 Å². The zero-order valence-corrected chi connectivity index (χ0v) is 16.3. The van der Waals surface area contributed by atoms with Crippen LogP contribution in [-0.2, 0) is 22.4 Å². The van der Waals surface area contributed by atoms with E-state index in [9.17, 15) is 4.79 Å². The number of allylic oxidation sites excluding steroid dienone is 5. The summed E-state index contributed by atoms with van der Waals surface area (Å²) in [4.78, 5) is 11.4. The minimum atomic E-state index is -0.278. The van der Waals surface area contributed by atoms with Gasteiger partial charge in [-0.2, -0.15) is 0 Å². The first-order valence-corrected chi connectivity index (χ1v) is 9.23. The Labute approximate surface area is 161 Å². The molecule has 0 radical (unpaired) electrons. The van der Waals surface area contributed by atoms with Gasteiger partial charge in [-0.3, -0.25) is 4.79 Å². The monoisotopic (exact) mass is 368 g/mol. The molecule has 0 spiro atoms. The summed E-state index contributed by atoms with van der Waals surface area (Å²) >= 11 is 0. The van der Waals surface area contributed by atoms with Crippen molar-refractivity contribution in [2.24, 2.45) is 0 Å². The Morgan fingerprint density at radius 3 is 2.44 bits per heavy atom. The lowest BCUT2D eigenvalue weighted by Crippen LogP contribution is -2.16. The van der Waals surface area contributed by atoms with Crippen LogP contribution >= 0.6 is 0 Å². The summed E-state index contributed by atoms with van der Waals surface area (Å²) in [5, 5.41) is 0. The van der Waals surface area contributed by atoms with Gasteiger partial charge in [0.25, 0.3) is 0 Å². The summed E-state index contributed by atoms with van der Waals surface area (Å²) < 4.78 is 15.6. The second-order valence-electron chi connectivity index (χ2n) is 6.72. The number of hydrogen-bond donors (Lipinski definition) is 0. The van der Waals surface area contributed by atoms with Crippen molar-refractivity contribution in [3.05, 3.63) is 83.8 Å². The summed E-state index contributed by atoms with van der Waals surface area (Å²) in [6, 6.07) is 3.88. The fraction of sp³-hybridized carbons (Fsp3) is 0.348. The first-order valence-electron chi connectivity index (χ1n) is 9.23. The van der Waals surface area contributed by atoms with Crippen LogP contribution in [0.25, 0.3) is 0 Å². The quantitative estimate of drug-likeness (QED) is 0.301. The summed E-state index contributed by atoms with van der Waals surface area (Å²) in [6.45, 7) is 5.59. The average molecular weight is 368 g/mol. The van der Waals surface area contributed by atoms with Crippen molar-refractivity contribution in [3.63, 3.8) is 0 Å². The second kappa shape index (κ2) is 11.1. The molecule has 2 heterocycles. The van der Waals surface area contributed by atoms with Crippen LogP contribution < -0.4 is 0 Å². The molecule has 0 aliphatic carbocycles. The highest BCUT2D eigenvalue weighted by Crippen LogP contribution is 2.13. The Balaban J connectivity index is 1.83. The topological polar surface area (TPSA) is 52.6 Å². The van der Waals surface area contributed by atoms with E-state index in [-0.39, 0.29) is 12.1 Å². The van der Waals surface area contributed by atoms with E-state index in [0.29, 0.717) is 6.42 Å². The second-order valence-corrected chi connectivity index (χ2v) is 6.72. The number of carbonyl (C=O) groups is 1. The van der Waals surface area contributed by atoms with Crippen molar-refractivity contribution in [1.82, 2.24) is 0 Å². The van der Waals surface area contributed by atoms with E-state index in [2.05, 4.69) is 25.2 Å². The maximum atomic E-state index is 11.4. The van der Waals surface area contributed by atoms with E-state index in [1.54, 1.807) is 25.1 Å². The SMILES string of the molecule is CC(=O)OC(/C=C(\C)C/C=C/C(C)=C/CCc1ccoc1)Cc1ccoc1. The Hall–Kier alpha value is -2.75. The van der Waals surface area contributed by atoms with Crippen molar-refractivity contribution in [2.75, 3.05) is 0 Å². The van der Waals surface area contributed by atoms with Gasteiger partial charge in [0.15, 0.2) is 0 Å². The third kappa shape index (κ3) is 8.45. The molecule has 0 aliphatic rings. The lowest BCUT2D eigenvalue weighted by Gasteiger charge is -2.13. The minimum Gasteiger partial charge on any atom is -0.472 e. The van der Waals surface area contributed by atoms with Crippen molar-refractivity contribution >= 4 is 5.97 Å². The largest absolute Gasteiger partial charge is 0.472 e. The molecule has 0 N–H and O–H groups in total. The molecule has 1 atom stereocenters. The standard InChI is InChI=1S/C23H28O4/c1-18(7-5-9-21-10-12-25-16-21)6-4-8-19(2)14-23(27-20(3)24)15-22-11-13-26-17-22/h4,6-7,10-14,16-17,23H,5,8-9,15H2,1-3H3/b6-4+,18-7+,19-14+. The van der Waals surface area contributed by atoms with Gasteiger partial charge in [-0.15, -0.1) is 0 Å². The molecule has 0 amide bonds. The van der Waals surface area contributed by atoms with E-state index in [0.717, 1.165) is 30.4 Å².